The minimum absolute atomic E-state index is 0.558. The van der Waals surface area contributed by atoms with Crippen molar-refractivity contribution in [3.05, 3.63) is 10.6 Å². The number of rotatable bonds is 7. The van der Waals surface area contributed by atoms with Crippen LogP contribution in [0.5, 0.6) is 0 Å². The Balaban J connectivity index is 1.72. The van der Waals surface area contributed by atoms with E-state index in [9.17, 15) is 0 Å². The standard InChI is InChI=1S/C17H29N3S/c1-3-11-18-14-9-6-10-15-16(14)21-17(19-15)20(4-2)12-13-7-5-8-13/h13-14,18H,3-12H2,1-2H3. The molecule has 1 aromatic heterocycles. The van der Waals surface area contributed by atoms with E-state index in [1.807, 2.05) is 11.3 Å². The van der Waals surface area contributed by atoms with Crippen molar-refractivity contribution < 1.29 is 0 Å². The first-order chi connectivity index (χ1) is 10.3. The third kappa shape index (κ3) is 3.42. The lowest BCUT2D eigenvalue weighted by Crippen LogP contribution is -2.32. The summed E-state index contributed by atoms with van der Waals surface area (Å²) < 4.78 is 0. The van der Waals surface area contributed by atoms with Gasteiger partial charge in [0.05, 0.1) is 5.69 Å². The first kappa shape index (κ1) is 15.3. The average molecular weight is 308 g/mol. The number of nitrogens with zero attached hydrogens (tertiary/aromatic N) is 2. The van der Waals surface area contributed by atoms with E-state index in [0.717, 1.165) is 19.0 Å². The van der Waals surface area contributed by atoms with E-state index >= 15 is 0 Å². The molecule has 3 rings (SSSR count). The minimum atomic E-state index is 0.558. The number of fused-ring (bicyclic) bond motifs is 1. The molecule has 1 fully saturated rings. The molecule has 0 spiro atoms. The summed E-state index contributed by atoms with van der Waals surface area (Å²) in [6.07, 6.45) is 9.22. The zero-order valence-electron chi connectivity index (χ0n) is 13.5. The van der Waals surface area contributed by atoms with Gasteiger partial charge in [0.2, 0.25) is 0 Å². The highest BCUT2D eigenvalue weighted by Crippen LogP contribution is 2.38. The van der Waals surface area contributed by atoms with Crippen LogP contribution in [-0.2, 0) is 6.42 Å². The molecular formula is C17H29N3S. The van der Waals surface area contributed by atoms with Crippen LogP contribution in [-0.4, -0.2) is 24.6 Å². The molecule has 0 saturated heterocycles. The summed E-state index contributed by atoms with van der Waals surface area (Å²) in [6, 6.07) is 0.558. The molecular weight excluding hydrogens is 278 g/mol. The highest BCUT2D eigenvalue weighted by molar-refractivity contribution is 7.15. The second-order valence-corrected chi connectivity index (χ2v) is 7.55. The fourth-order valence-corrected chi connectivity index (χ4v) is 4.68. The van der Waals surface area contributed by atoms with Crippen LogP contribution in [0.25, 0.3) is 0 Å². The first-order valence-electron chi connectivity index (χ1n) is 8.79. The van der Waals surface area contributed by atoms with Crippen LogP contribution in [0.2, 0.25) is 0 Å². The lowest BCUT2D eigenvalue weighted by molar-refractivity contribution is 0.318. The molecule has 0 radical (unpaired) electrons. The summed E-state index contributed by atoms with van der Waals surface area (Å²) in [6.45, 7) is 7.95. The zero-order valence-corrected chi connectivity index (χ0v) is 14.3. The van der Waals surface area contributed by atoms with Crippen LogP contribution in [0, 0.1) is 5.92 Å². The SMILES string of the molecule is CCCNC1CCCc2nc(N(CC)CC3CCC3)sc21. The molecule has 0 aliphatic heterocycles. The lowest BCUT2D eigenvalue weighted by Gasteiger charge is -2.31. The molecule has 0 amide bonds. The summed E-state index contributed by atoms with van der Waals surface area (Å²) in [5, 5.41) is 4.99. The van der Waals surface area contributed by atoms with Crippen molar-refractivity contribution in [2.75, 3.05) is 24.5 Å². The van der Waals surface area contributed by atoms with Crippen molar-refractivity contribution in [3.63, 3.8) is 0 Å². The van der Waals surface area contributed by atoms with Crippen LogP contribution in [0.1, 0.15) is 69.0 Å². The Morgan fingerprint density at radius 2 is 2.10 bits per heavy atom. The molecule has 2 aliphatic carbocycles. The molecule has 1 N–H and O–H groups in total. The van der Waals surface area contributed by atoms with Crippen LogP contribution in [0.15, 0.2) is 0 Å². The zero-order chi connectivity index (χ0) is 14.7. The van der Waals surface area contributed by atoms with E-state index in [1.165, 1.54) is 67.2 Å². The predicted molar refractivity (Wildman–Crippen MR) is 91.3 cm³/mol. The fraction of sp³-hybridized carbons (Fsp3) is 0.824. The van der Waals surface area contributed by atoms with Crippen LogP contribution >= 0.6 is 11.3 Å². The van der Waals surface area contributed by atoms with Gasteiger partial charge >= 0.3 is 0 Å². The van der Waals surface area contributed by atoms with Crippen LogP contribution in [0.3, 0.4) is 0 Å². The van der Waals surface area contributed by atoms with Crippen molar-refractivity contribution in [1.29, 1.82) is 0 Å². The minimum Gasteiger partial charge on any atom is -0.348 e. The van der Waals surface area contributed by atoms with Gasteiger partial charge in [0.15, 0.2) is 5.13 Å². The fourth-order valence-electron chi connectivity index (χ4n) is 3.38. The summed E-state index contributed by atoms with van der Waals surface area (Å²) in [4.78, 5) is 9.04. The molecule has 0 bridgehead atoms. The third-order valence-corrected chi connectivity index (χ3v) is 6.21. The molecule has 1 atom stereocenters. The number of aromatic nitrogens is 1. The quantitative estimate of drug-likeness (QED) is 0.820. The van der Waals surface area contributed by atoms with E-state index in [-0.39, 0.29) is 0 Å². The van der Waals surface area contributed by atoms with Gasteiger partial charge in [0.25, 0.3) is 0 Å². The Kier molecular flexibility index (Phi) is 5.17. The highest BCUT2D eigenvalue weighted by Gasteiger charge is 2.27. The topological polar surface area (TPSA) is 28.2 Å². The lowest BCUT2D eigenvalue weighted by atomic mass is 9.85. The molecule has 3 nitrogen and oxygen atoms in total. The van der Waals surface area contributed by atoms with Gasteiger partial charge in [0.1, 0.15) is 0 Å². The Bertz CT molecular complexity index is 453. The average Bonchev–Trinajstić information content (AvgIpc) is 2.88. The number of hydrogen-bond donors (Lipinski definition) is 1. The third-order valence-electron chi connectivity index (χ3n) is 4.94. The maximum absolute atomic E-state index is 5.00. The van der Waals surface area contributed by atoms with Gasteiger partial charge in [0, 0.05) is 24.0 Å². The number of aryl methyl sites for hydroxylation is 1. The van der Waals surface area contributed by atoms with Crippen LogP contribution in [0.4, 0.5) is 5.13 Å². The molecule has 118 valence electrons. The van der Waals surface area contributed by atoms with Gasteiger partial charge < -0.3 is 10.2 Å². The maximum atomic E-state index is 5.00. The van der Waals surface area contributed by atoms with Crippen molar-refractivity contribution in [2.24, 2.45) is 5.92 Å². The van der Waals surface area contributed by atoms with Crippen molar-refractivity contribution in [3.8, 4) is 0 Å². The Hall–Kier alpha value is -0.610. The van der Waals surface area contributed by atoms with Gasteiger partial charge in [-0.15, -0.1) is 0 Å². The van der Waals surface area contributed by atoms with E-state index in [0.29, 0.717) is 6.04 Å². The molecule has 4 heteroatoms. The normalized spacial score (nSPS) is 21.9. The summed E-state index contributed by atoms with van der Waals surface area (Å²) >= 11 is 1.96. The predicted octanol–water partition coefficient (Wildman–Crippen LogP) is 4.15. The molecule has 1 aromatic rings. The number of hydrogen-bond acceptors (Lipinski definition) is 4. The Morgan fingerprint density at radius 1 is 1.24 bits per heavy atom. The highest BCUT2D eigenvalue weighted by atomic mass is 32.1. The van der Waals surface area contributed by atoms with Gasteiger partial charge in [-0.2, -0.15) is 0 Å². The molecule has 1 heterocycles. The molecule has 1 saturated carbocycles. The van der Waals surface area contributed by atoms with Crippen molar-refractivity contribution >= 4 is 16.5 Å². The molecule has 21 heavy (non-hydrogen) atoms. The first-order valence-corrected chi connectivity index (χ1v) is 9.61. The molecule has 0 aromatic carbocycles. The number of thiazole rings is 1. The van der Waals surface area contributed by atoms with Crippen LogP contribution < -0.4 is 10.2 Å². The van der Waals surface area contributed by atoms with Crippen molar-refractivity contribution in [2.45, 2.75) is 64.8 Å². The maximum Gasteiger partial charge on any atom is 0.185 e. The number of nitrogens with one attached hydrogen (secondary N) is 1. The summed E-state index contributed by atoms with van der Waals surface area (Å²) in [7, 11) is 0. The second kappa shape index (κ2) is 7.10. The van der Waals surface area contributed by atoms with Crippen molar-refractivity contribution in [1.82, 2.24) is 10.3 Å². The van der Waals surface area contributed by atoms with E-state index in [2.05, 4.69) is 24.1 Å². The van der Waals surface area contributed by atoms with Gasteiger partial charge in [-0.25, -0.2) is 4.98 Å². The Labute approximate surface area is 133 Å². The van der Waals surface area contributed by atoms with E-state index < -0.39 is 0 Å². The second-order valence-electron chi connectivity index (χ2n) is 6.54. The smallest absolute Gasteiger partial charge is 0.185 e. The van der Waals surface area contributed by atoms with Gasteiger partial charge in [-0.3, -0.25) is 0 Å². The van der Waals surface area contributed by atoms with E-state index in [4.69, 9.17) is 4.98 Å². The largest absolute Gasteiger partial charge is 0.348 e. The summed E-state index contributed by atoms with van der Waals surface area (Å²) in [5.41, 5.74) is 1.38. The summed E-state index contributed by atoms with van der Waals surface area (Å²) in [5.74, 6) is 0.917. The monoisotopic (exact) mass is 307 g/mol. The van der Waals surface area contributed by atoms with Gasteiger partial charge in [-0.1, -0.05) is 24.7 Å². The number of anilines is 1. The molecule has 2 aliphatic rings. The van der Waals surface area contributed by atoms with E-state index in [1.54, 1.807) is 0 Å². The Morgan fingerprint density at radius 3 is 2.76 bits per heavy atom. The molecule has 1 unspecified atom stereocenters. The van der Waals surface area contributed by atoms with Gasteiger partial charge in [-0.05, 0) is 57.9 Å².